The number of esters is 1. The summed E-state index contributed by atoms with van der Waals surface area (Å²) in [6, 6.07) is 3.05. The minimum absolute atomic E-state index is 0.349. The molecule has 1 aromatic heterocycles. The Bertz CT molecular complexity index is 417. The second-order valence-corrected chi connectivity index (χ2v) is 4.08. The van der Waals surface area contributed by atoms with E-state index in [1.54, 1.807) is 13.8 Å². The molecule has 0 saturated carbocycles. The van der Waals surface area contributed by atoms with Crippen LogP contribution in [-0.4, -0.2) is 29.4 Å². The monoisotopic (exact) mass is 236 g/mol. The lowest BCUT2D eigenvalue weighted by Crippen LogP contribution is -2.59. The number of rotatable bonds is 4. The third-order valence-corrected chi connectivity index (χ3v) is 2.75. The molecule has 0 radical (unpaired) electrons. The number of ether oxygens (including phenoxy) is 1. The summed E-state index contributed by atoms with van der Waals surface area (Å²) in [7, 11) is 1.21. The Balaban J connectivity index is 3.18. The lowest BCUT2D eigenvalue weighted by atomic mass is 9.81. The van der Waals surface area contributed by atoms with E-state index in [2.05, 4.69) is 9.72 Å². The molecule has 0 aromatic carbocycles. The van der Waals surface area contributed by atoms with Gasteiger partial charge < -0.3 is 10.5 Å². The van der Waals surface area contributed by atoms with Crippen LogP contribution in [0.15, 0.2) is 24.5 Å². The topological polar surface area (TPSA) is 82.3 Å². The maximum Gasteiger partial charge on any atom is 0.334 e. The number of hydrogen-bond acceptors (Lipinski definition) is 5. The molecule has 17 heavy (non-hydrogen) atoms. The number of methoxy groups -OCH3 is 1. The highest BCUT2D eigenvalue weighted by atomic mass is 16.5. The molecule has 5 nitrogen and oxygen atoms in total. The fourth-order valence-corrected chi connectivity index (χ4v) is 1.50. The molecule has 0 aliphatic carbocycles. The number of ketones is 1. The summed E-state index contributed by atoms with van der Waals surface area (Å²) in [4.78, 5) is 27.8. The van der Waals surface area contributed by atoms with Gasteiger partial charge >= 0.3 is 5.97 Å². The second-order valence-electron chi connectivity index (χ2n) is 4.08. The Morgan fingerprint density at radius 3 is 2.29 bits per heavy atom. The molecule has 1 heterocycles. The summed E-state index contributed by atoms with van der Waals surface area (Å²) >= 11 is 0. The van der Waals surface area contributed by atoms with Crippen LogP contribution < -0.4 is 5.73 Å². The van der Waals surface area contributed by atoms with Crippen molar-refractivity contribution in [3.63, 3.8) is 0 Å². The van der Waals surface area contributed by atoms with Crippen LogP contribution in [0.25, 0.3) is 0 Å². The quantitative estimate of drug-likeness (QED) is 0.475. The number of nitrogens with two attached hydrogens (primary N) is 1. The van der Waals surface area contributed by atoms with E-state index in [0.717, 1.165) is 0 Å². The number of carbonyl (C=O) groups excluding carboxylic acids is 2. The molecule has 0 aliphatic heterocycles. The van der Waals surface area contributed by atoms with Gasteiger partial charge in [-0.05, 0) is 18.1 Å². The highest BCUT2D eigenvalue weighted by Gasteiger charge is 2.46. The predicted octanol–water partition coefficient (Wildman–Crippen LogP) is 0.791. The molecule has 0 amide bonds. The van der Waals surface area contributed by atoms with Crippen LogP contribution in [0.1, 0.15) is 24.2 Å². The molecular weight excluding hydrogens is 220 g/mol. The average Bonchev–Trinajstić information content (AvgIpc) is 2.36. The molecule has 0 fully saturated rings. The predicted molar refractivity (Wildman–Crippen MR) is 62.3 cm³/mol. The van der Waals surface area contributed by atoms with Crippen molar-refractivity contribution in [1.82, 2.24) is 4.98 Å². The van der Waals surface area contributed by atoms with Crippen LogP contribution in [0.3, 0.4) is 0 Å². The van der Waals surface area contributed by atoms with Crippen LogP contribution >= 0.6 is 0 Å². The Hall–Kier alpha value is -1.75. The highest BCUT2D eigenvalue weighted by Crippen LogP contribution is 2.21. The van der Waals surface area contributed by atoms with Crippen molar-refractivity contribution < 1.29 is 14.3 Å². The zero-order valence-electron chi connectivity index (χ0n) is 10.1. The van der Waals surface area contributed by atoms with Gasteiger partial charge in [-0.1, -0.05) is 13.8 Å². The first kappa shape index (κ1) is 13.3. The van der Waals surface area contributed by atoms with Gasteiger partial charge in [0.25, 0.3) is 0 Å². The number of nitrogens with zero attached hydrogens (tertiary/aromatic N) is 1. The van der Waals surface area contributed by atoms with Gasteiger partial charge in [0.15, 0.2) is 11.3 Å². The van der Waals surface area contributed by atoms with Gasteiger partial charge in [0.1, 0.15) is 0 Å². The number of carbonyl (C=O) groups is 2. The molecular formula is C12H16N2O3. The first-order valence-corrected chi connectivity index (χ1v) is 5.26. The highest BCUT2D eigenvalue weighted by molar-refractivity contribution is 6.16. The van der Waals surface area contributed by atoms with E-state index in [-0.39, 0.29) is 5.92 Å². The van der Waals surface area contributed by atoms with Crippen LogP contribution in [-0.2, 0) is 9.53 Å². The fraction of sp³-hybridized carbons (Fsp3) is 0.417. The molecule has 5 heteroatoms. The molecule has 2 N–H and O–H groups in total. The van der Waals surface area contributed by atoms with Crippen molar-refractivity contribution in [1.29, 1.82) is 0 Å². The first-order chi connectivity index (χ1) is 7.94. The minimum atomic E-state index is -1.66. The van der Waals surface area contributed by atoms with Gasteiger partial charge in [0.2, 0.25) is 0 Å². The first-order valence-electron chi connectivity index (χ1n) is 5.26. The largest absolute Gasteiger partial charge is 0.467 e. The smallest absolute Gasteiger partial charge is 0.334 e. The molecule has 1 aromatic rings. The minimum Gasteiger partial charge on any atom is -0.467 e. The van der Waals surface area contributed by atoms with Crippen molar-refractivity contribution in [3.8, 4) is 0 Å². The third-order valence-electron chi connectivity index (χ3n) is 2.75. The lowest BCUT2D eigenvalue weighted by Gasteiger charge is -2.28. The summed E-state index contributed by atoms with van der Waals surface area (Å²) in [5, 5.41) is 0. The van der Waals surface area contributed by atoms with Gasteiger partial charge in [-0.3, -0.25) is 9.78 Å². The van der Waals surface area contributed by atoms with E-state index >= 15 is 0 Å². The van der Waals surface area contributed by atoms with Crippen LogP contribution in [0.4, 0.5) is 0 Å². The van der Waals surface area contributed by atoms with Crippen molar-refractivity contribution >= 4 is 11.8 Å². The van der Waals surface area contributed by atoms with Gasteiger partial charge in [0.05, 0.1) is 7.11 Å². The Kier molecular flexibility index (Phi) is 3.96. The van der Waals surface area contributed by atoms with Crippen LogP contribution in [0.5, 0.6) is 0 Å². The summed E-state index contributed by atoms with van der Waals surface area (Å²) < 4.78 is 4.62. The summed E-state index contributed by atoms with van der Waals surface area (Å²) in [6.07, 6.45) is 2.95. The van der Waals surface area contributed by atoms with E-state index < -0.39 is 17.3 Å². The van der Waals surface area contributed by atoms with Crippen LogP contribution in [0.2, 0.25) is 0 Å². The van der Waals surface area contributed by atoms with Crippen molar-refractivity contribution in [2.75, 3.05) is 7.11 Å². The lowest BCUT2D eigenvalue weighted by molar-refractivity contribution is -0.146. The molecule has 1 rings (SSSR count). The van der Waals surface area contributed by atoms with Crippen LogP contribution in [0, 0.1) is 5.92 Å². The third kappa shape index (κ3) is 2.34. The summed E-state index contributed by atoms with van der Waals surface area (Å²) in [6.45, 7) is 3.41. The maximum absolute atomic E-state index is 12.3. The number of pyridine rings is 1. The Morgan fingerprint density at radius 1 is 1.35 bits per heavy atom. The van der Waals surface area contributed by atoms with E-state index in [1.165, 1.54) is 31.6 Å². The molecule has 0 unspecified atom stereocenters. The zero-order valence-corrected chi connectivity index (χ0v) is 10.1. The van der Waals surface area contributed by atoms with Gasteiger partial charge in [-0.15, -0.1) is 0 Å². The standard InChI is InChI=1S/C12H16N2O3/c1-8(2)12(13,11(16)17-3)10(15)9-4-6-14-7-5-9/h4-8H,13H2,1-3H3/t12-/m1/s1. The van der Waals surface area contributed by atoms with Crippen molar-refractivity contribution in [2.24, 2.45) is 11.7 Å². The average molecular weight is 236 g/mol. The number of aromatic nitrogens is 1. The maximum atomic E-state index is 12.3. The summed E-state index contributed by atoms with van der Waals surface area (Å²) in [5.74, 6) is -1.55. The Morgan fingerprint density at radius 2 is 1.88 bits per heavy atom. The zero-order chi connectivity index (χ0) is 13.1. The van der Waals surface area contributed by atoms with Gasteiger partial charge in [0, 0.05) is 18.0 Å². The number of hydrogen-bond donors (Lipinski definition) is 1. The van der Waals surface area contributed by atoms with E-state index in [4.69, 9.17) is 5.73 Å². The second kappa shape index (κ2) is 5.05. The summed E-state index contributed by atoms with van der Waals surface area (Å²) in [5.41, 5.74) is 4.62. The molecule has 0 aliphatic rings. The molecule has 92 valence electrons. The normalized spacial score (nSPS) is 14.2. The SMILES string of the molecule is COC(=O)[C@](N)(C(=O)c1ccncc1)C(C)C. The van der Waals surface area contributed by atoms with Gasteiger partial charge in [-0.25, -0.2) is 4.79 Å². The van der Waals surface area contributed by atoms with Crippen molar-refractivity contribution in [2.45, 2.75) is 19.4 Å². The van der Waals surface area contributed by atoms with Gasteiger partial charge in [-0.2, -0.15) is 0 Å². The fourth-order valence-electron chi connectivity index (χ4n) is 1.50. The molecule has 0 spiro atoms. The Labute approximate surface area is 100.0 Å². The van der Waals surface area contributed by atoms with E-state index in [0.29, 0.717) is 5.56 Å². The number of Topliss-reactive ketones (excluding diaryl/α,β-unsaturated/α-hetero) is 1. The molecule has 1 atom stereocenters. The molecule has 0 bridgehead atoms. The van der Waals surface area contributed by atoms with E-state index in [9.17, 15) is 9.59 Å². The van der Waals surface area contributed by atoms with Crippen molar-refractivity contribution in [3.05, 3.63) is 30.1 Å². The van der Waals surface area contributed by atoms with E-state index in [1.807, 2.05) is 0 Å². The molecule has 0 saturated heterocycles.